The molecular weight excluding hydrogens is 510 g/mol. The summed E-state index contributed by atoms with van der Waals surface area (Å²) in [5, 5.41) is 14.1. The van der Waals surface area contributed by atoms with E-state index in [2.05, 4.69) is 26.0 Å². The highest BCUT2D eigenvalue weighted by molar-refractivity contribution is 9.10. The number of carbonyl (C=O) groups is 1. The Kier molecular flexibility index (Phi) is 6.49. The van der Waals surface area contributed by atoms with E-state index in [9.17, 15) is 9.59 Å². The molecule has 0 saturated carbocycles. The average molecular weight is 529 g/mol. The van der Waals surface area contributed by atoms with Gasteiger partial charge in [-0.2, -0.15) is 9.78 Å². The summed E-state index contributed by atoms with van der Waals surface area (Å²) < 4.78 is 7.91. The second-order valence-electron chi connectivity index (χ2n) is 7.50. The van der Waals surface area contributed by atoms with E-state index in [0.29, 0.717) is 33.8 Å². The number of nitrogens with zero attached hydrogens (tertiary/aromatic N) is 3. The van der Waals surface area contributed by atoms with Crippen LogP contribution in [0.5, 0.6) is 0 Å². The van der Waals surface area contributed by atoms with Crippen molar-refractivity contribution in [3.63, 3.8) is 0 Å². The molecule has 0 amide bonds. The molecule has 4 rings (SSSR count). The summed E-state index contributed by atoms with van der Waals surface area (Å²) in [6, 6.07) is 13.4. The quantitative estimate of drug-likeness (QED) is 0.302. The third kappa shape index (κ3) is 4.62. The SMILES string of the molecule is CC[C@H](C)c1nc2ccc(Br)cc2c(=O)n1N=Cc1ccc(-c2ccc(C(=O)O)c(Cl)c2)o1. The molecule has 0 saturated heterocycles. The molecule has 0 spiro atoms. The van der Waals surface area contributed by atoms with Gasteiger partial charge in [-0.25, -0.2) is 9.78 Å². The summed E-state index contributed by atoms with van der Waals surface area (Å²) in [4.78, 5) is 29.0. The molecule has 0 aliphatic rings. The molecule has 1 N–H and O–H groups in total. The fourth-order valence-corrected chi connectivity index (χ4v) is 3.94. The van der Waals surface area contributed by atoms with Crippen molar-refractivity contribution in [3.8, 4) is 11.3 Å². The fourth-order valence-electron chi connectivity index (χ4n) is 3.31. The van der Waals surface area contributed by atoms with Gasteiger partial charge in [0.15, 0.2) is 0 Å². The summed E-state index contributed by atoms with van der Waals surface area (Å²) in [6.07, 6.45) is 2.25. The van der Waals surface area contributed by atoms with Gasteiger partial charge in [-0.1, -0.05) is 47.4 Å². The molecule has 0 fully saturated rings. The zero-order valence-corrected chi connectivity index (χ0v) is 20.1. The third-order valence-electron chi connectivity index (χ3n) is 5.30. The van der Waals surface area contributed by atoms with Gasteiger partial charge >= 0.3 is 5.97 Å². The predicted octanol–water partition coefficient (Wildman–Crippen LogP) is 6.17. The third-order valence-corrected chi connectivity index (χ3v) is 6.10. The van der Waals surface area contributed by atoms with Crippen molar-refractivity contribution in [2.45, 2.75) is 26.2 Å². The van der Waals surface area contributed by atoms with Crippen molar-refractivity contribution in [3.05, 3.63) is 85.5 Å². The second-order valence-corrected chi connectivity index (χ2v) is 8.83. The number of rotatable bonds is 6. The van der Waals surface area contributed by atoms with Crippen molar-refractivity contribution < 1.29 is 14.3 Å². The van der Waals surface area contributed by atoms with Crippen LogP contribution in [0.1, 0.15) is 48.1 Å². The van der Waals surface area contributed by atoms with Crippen LogP contribution in [0.3, 0.4) is 0 Å². The molecule has 1 atom stereocenters. The summed E-state index contributed by atoms with van der Waals surface area (Å²) in [5.41, 5.74) is 0.989. The van der Waals surface area contributed by atoms with E-state index >= 15 is 0 Å². The molecule has 0 aliphatic heterocycles. The molecular formula is C24H19BrClN3O4. The van der Waals surface area contributed by atoms with E-state index in [1.807, 2.05) is 19.9 Å². The van der Waals surface area contributed by atoms with Gasteiger partial charge in [0.25, 0.3) is 5.56 Å². The number of aromatic carboxylic acids is 1. The van der Waals surface area contributed by atoms with E-state index in [-0.39, 0.29) is 22.1 Å². The molecule has 4 aromatic rings. The van der Waals surface area contributed by atoms with Crippen molar-refractivity contribution >= 4 is 50.6 Å². The summed E-state index contributed by atoms with van der Waals surface area (Å²) >= 11 is 9.46. The number of benzene rings is 2. The number of carboxylic acid groups (broad SMARTS) is 1. The first-order valence-electron chi connectivity index (χ1n) is 10.2. The highest BCUT2D eigenvalue weighted by Gasteiger charge is 2.16. The van der Waals surface area contributed by atoms with Crippen molar-refractivity contribution in [1.82, 2.24) is 9.66 Å². The maximum atomic E-state index is 13.2. The summed E-state index contributed by atoms with van der Waals surface area (Å²) in [5.74, 6) is 0.392. The molecule has 2 aromatic carbocycles. The molecule has 9 heteroatoms. The summed E-state index contributed by atoms with van der Waals surface area (Å²) in [7, 11) is 0. The van der Waals surface area contributed by atoms with Crippen LogP contribution < -0.4 is 5.56 Å². The number of hydrogen-bond acceptors (Lipinski definition) is 5. The van der Waals surface area contributed by atoms with Crippen LogP contribution in [-0.4, -0.2) is 27.0 Å². The summed E-state index contributed by atoms with van der Waals surface area (Å²) in [6.45, 7) is 4.02. The van der Waals surface area contributed by atoms with Crippen LogP contribution in [0, 0.1) is 0 Å². The van der Waals surface area contributed by atoms with Crippen LogP contribution in [0.25, 0.3) is 22.2 Å². The van der Waals surface area contributed by atoms with Crippen molar-refractivity contribution in [1.29, 1.82) is 0 Å². The van der Waals surface area contributed by atoms with E-state index in [1.165, 1.54) is 23.0 Å². The van der Waals surface area contributed by atoms with Crippen LogP contribution in [0.2, 0.25) is 5.02 Å². The van der Waals surface area contributed by atoms with Gasteiger partial charge in [0, 0.05) is 16.0 Å². The monoisotopic (exact) mass is 527 g/mol. The van der Waals surface area contributed by atoms with E-state index < -0.39 is 5.97 Å². The standard InChI is InChI=1S/C24H19BrClN3O4/c1-3-13(2)22-28-20-8-5-15(25)11-18(20)23(30)29(22)27-12-16-6-9-21(33-16)14-4-7-17(24(31)32)19(26)10-14/h4-13H,3H2,1-2H3,(H,31,32)/t13-/m0/s1. The van der Waals surface area contributed by atoms with Gasteiger partial charge in [0.05, 0.1) is 27.7 Å². The Morgan fingerprint density at radius 3 is 2.76 bits per heavy atom. The van der Waals surface area contributed by atoms with Crippen molar-refractivity contribution in [2.75, 3.05) is 0 Å². The molecule has 0 bridgehead atoms. The topological polar surface area (TPSA) is 97.7 Å². The lowest BCUT2D eigenvalue weighted by atomic mass is 10.1. The molecule has 2 heterocycles. The Bertz CT molecular complexity index is 1460. The minimum atomic E-state index is -1.10. The first kappa shape index (κ1) is 22.9. The first-order valence-corrected chi connectivity index (χ1v) is 11.3. The molecule has 7 nitrogen and oxygen atoms in total. The Balaban J connectivity index is 1.73. The van der Waals surface area contributed by atoms with E-state index in [4.69, 9.17) is 21.1 Å². The average Bonchev–Trinajstić information content (AvgIpc) is 3.27. The maximum Gasteiger partial charge on any atom is 0.337 e. The zero-order valence-electron chi connectivity index (χ0n) is 17.8. The highest BCUT2D eigenvalue weighted by atomic mass is 79.9. The number of aromatic nitrogens is 2. The first-order chi connectivity index (χ1) is 15.8. The van der Waals surface area contributed by atoms with Gasteiger partial charge in [-0.05, 0) is 48.9 Å². The molecule has 0 unspecified atom stereocenters. The number of halogens is 2. The van der Waals surface area contributed by atoms with E-state index in [1.54, 1.807) is 30.3 Å². The molecule has 168 valence electrons. The molecule has 2 aromatic heterocycles. The lowest BCUT2D eigenvalue weighted by molar-refractivity contribution is 0.0697. The lowest BCUT2D eigenvalue weighted by Gasteiger charge is -2.13. The molecule has 0 radical (unpaired) electrons. The Hall–Kier alpha value is -3.23. The maximum absolute atomic E-state index is 13.2. The smallest absolute Gasteiger partial charge is 0.337 e. The fraction of sp³-hybridized carbons (Fsp3) is 0.167. The Morgan fingerprint density at radius 2 is 2.06 bits per heavy atom. The van der Waals surface area contributed by atoms with Crippen molar-refractivity contribution in [2.24, 2.45) is 5.10 Å². The Labute approximate surface area is 202 Å². The van der Waals surface area contributed by atoms with Crippen LogP contribution >= 0.6 is 27.5 Å². The number of hydrogen-bond donors (Lipinski definition) is 1. The number of furan rings is 1. The molecule has 0 aliphatic carbocycles. The van der Waals surface area contributed by atoms with Crippen LogP contribution in [-0.2, 0) is 0 Å². The number of fused-ring (bicyclic) bond motifs is 1. The molecule has 33 heavy (non-hydrogen) atoms. The Morgan fingerprint density at radius 1 is 1.27 bits per heavy atom. The number of carboxylic acids is 1. The second kappa shape index (κ2) is 9.33. The van der Waals surface area contributed by atoms with Gasteiger partial charge in [0.2, 0.25) is 0 Å². The lowest BCUT2D eigenvalue weighted by Crippen LogP contribution is -2.23. The van der Waals surface area contributed by atoms with Gasteiger partial charge < -0.3 is 9.52 Å². The minimum Gasteiger partial charge on any atom is -0.478 e. The highest BCUT2D eigenvalue weighted by Crippen LogP contribution is 2.27. The van der Waals surface area contributed by atoms with Gasteiger partial charge in [-0.3, -0.25) is 4.79 Å². The van der Waals surface area contributed by atoms with Crippen LogP contribution in [0.4, 0.5) is 0 Å². The largest absolute Gasteiger partial charge is 0.478 e. The van der Waals surface area contributed by atoms with Gasteiger partial charge in [0.1, 0.15) is 17.3 Å². The van der Waals surface area contributed by atoms with Crippen LogP contribution in [0.15, 0.2) is 67.3 Å². The van der Waals surface area contributed by atoms with E-state index in [0.717, 1.165) is 10.9 Å². The predicted molar refractivity (Wildman–Crippen MR) is 132 cm³/mol. The minimum absolute atomic E-state index is 0.0150. The van der Waals surface area contributed by atoms with Gasteiger partial charge in [-0.15, -0.1) is 0 Å². The zero-order chi connectivity index (χ0) is 23.7. The normalized spacial score (nSPS) is 12.5.